The average Bonchev–Trinajstić information content (AvgIpc) is 2.09. The molecule has 6 heteroatoms. The van der Waals surface area contributed by atoms with Crippen molar-refractivity contribution in [3.8, 4) is 0 Å². The van der Waals surface area contributed by atoms with E-state index in [4.69, 9.17) is 10.3 Å². The highest BCUT2D eigenvalue weighted by atomic mass is 16.5. The molecule has 0 radical (unpaired) electrons. The van der Waals surface area contributed by atoms with Gasteiger partial charge in [-0.1, -0.05) is 19.0 Å². The van der Waals surface area contributed by atoms with Gasteiger partial charge in [-0.05, 0) is 11.4 Å². The van der Waals surface area contributed by atoms with Crippen molar-refractivity contribution in [2.45, 2.75) is 13.8 Å². The van der Waals surface area contributed by atoms with Crippen molar-refractivity contribution in [1.82, 2.24) is 5.32 Å². The number of nitrogens with one attached hydrogen (secondary N) is 1. The average molecular weight is 186 g/mol. The Morgan fingerprint density at radius 3 is 2.92 bits per heavy atom. The summed E-state index contributed by atoms with van der Waals surface area (Å²) in [5, 5.41) is 5.70. The number of rotatable bonds is 5. The lowest BCUT2D eigenvalue weighted by Crippen LogP contribution is -2.27. The van der Waals surface area contributed by atoms with Crippen molar-refractivity contribution in [2.75, 3.05) is 19.7 Å². The van der Waals surface area contributed by atoms with E-state index in [2.05, 4.69) is 15.3 Å². The highest BCUT2D eigenvalue weighted by molar-refractivity contribution is 5.67. The van der Waals surface area contributed by atoms with E-state index >= 15 is 0 Å². The number of azide groups is 1. The number of hydrogen-bond acceptors (Lipinski definition) is 3. The minimum Gasteiger partial charge on any atom is -0.449 e. The van der Waals surface area contributed by atoms with Crippen LogP contribution in [-0.2, 0) is 4.74 Å². The van der Waals surface area contributed by atoms with Gasteiger partial charge in [-0.3, -0.25) is 0 Å². The van der Waals surface area contributed by atoms with E-state index in [0.29, 0.717) is 19.1 Å². The number of carbonyl (C=O) groups is 1. The van der Waals surface area contributed by atoms with Crippen molar-refractivity contribution in [3.63, 3.8) is 0 Å². The highest BCUT2D eigenvalue weighted by Crippen LogP contribution is 1.91. The Morgan fingerprint density at radius 1 is 1.69 bits per heavy atom. The van der Waals surface area contributed by atoms with Gasteiger partial charge in [-0.2, -0.15) is 0 Å². The third-order valence-corrected chi connectivity index (χ3v) is 1.09. The van der Waals surface area contributed by atoms with E-state index in [9.17, 15) is 4.79 Å². The van der Waals surface area contributed by atoms with Crippen LogP contribution in [0.5, 0.6) is 0 Å². The smallest absolute Gasteiger partial charge is 0.407 e. The van der Waals surface area contributed by atoms with Gasteiger partial charge in [0.1, 0.15) is 0 Å². The maximum Gasteiger partial charge on any atom is 0.407 e. The van der Waals surface area contributed by atoms with Crippen molar-refractivity contribution in [3.05, 3.63) is 10.4 Å². The highest BCUT2D eigenvalue weighted by Gasteiger charge is 2.01. The van der Waals surface area contributed by atoms with Crippen LogP contribution in [0, 0.1) is 5.92 Å². The van der Waals surface area contributed by atoms with Gasteiger partial charge in [0.15, 0.2) is 0 Å². The summed E-state index contributed by atoms with van der Waals surface area (Å²) in [6.07, 6.45) is -0.471. The molecule has 0 aromatic carbocycles. The van der Waals surface area contributed by atoms with Crippen LogP contribution in [0.4, 0.5) is 4.79 Å². The molecule has 0 aromatic rings. The van der Waals surface area contributed by atoms with E-state index in [0.717, 1.165) is 0 Å². The molecule has 0 aliphatic rings. The van der Waals surface area contributed by atoms with Gasteiger partial charge in [0.05, 0.1) is 6.61 Å². The summed E-state index contributed by atoms with van der Waals surface area (Å²) in [4.78, 5) is 13.4. The van der Waals surface area contributed by atoms with Crippen LogP contribution in [0.3, 0.4) is 0 Å². The molecule has 0 aliphatic carbocycles. The van der Waals surface area contributed by atoms with E-state index in [1.54, 1.807) is 0 Å². The number of ether oxygens (including phenoxy) is 1. The first-order chi connectivity index (χ1) is 6.16. The lowest BCUT2D eigenvalue weighted by atomic mass is 10.2. The number of alkyl carbamates (subject to hydrolysis) is 1. The molecule has 74 valence electrons. The van der Waals surface area contributed by atoms with Crippen LogP contribution in [-0.4, -0.2) is 25.8 Å². The van der Waals surface area contributed by atoms with Crippen molar-refractivity contribution >= 4 is 6.09 Å². The third kappa shape index (κ3) is 8.49. The quantitative estimate of drug-likeness (QED) is 0.306. The number of nitrogens with zero attached hydrogens (tertiary/aromatic N) is 3. The number of amides is 1. The molecule has 6 nitrogen and oxygen atoms in total. The Morgan fingerprint density at radius 2 is 2.38 bits per heavy atom. The second kappa shape index (κ2) is 7.24. The normalized spacial score (nSPS) is 9.15. The van der Waals surface area contributed by atoms with Crippen molar-refractivity contribution < 1.29 is 9.53 Å². The molecule has 0 atom stereocenters. The van der Waals surface area contributed by atoms with E-state index in [-0.39, 0.29) is 6.54 Å². The Hall–Kier alpha value is -1.42. The summed E-state index contributed by atoms with van der Waals surface area (Å²) in [6.45, 7) is 4.85. The fourth-order valence-corrected chi connectivity index (χ4v) is 0.546. The van der Waals surface area contributed by atoms with Crippen LogP contribution in [0.1, 0.15) is 13.8 Å². The Balaban J connectivity index is 3.35. The first kappa shape index (κ1) is 11.6. The molecule has 0 bridgehead atoms. The van der Waals surface area contributed by atoms with Gasteiger partial charge in [-0.15, -0.1) is 0 Å². The van der Waals surface area contributed by atoms with Crippen LogP contribution >= 0.6 is 0 Å². The maximum atomic E-state index is 10.8. The summed E-state index contributed by atoms with van der Waals surface area (Å²) < 4.78 is 4.80. The molecule has 1 N–H and O–H groups in total. The standard InChI is InChI=1S/C7H14N4O2/c1-6(2)5-13-7(12)9-3-4-10-11-8/h6H,3-5H2,1-2H3,(H,9,12). The summed E-state index contributed by atoms with van der Waals surface area (Å²) in [7, 11) is 0. The van der Waals surface area contributed by atoms with Crippen molar-refractivity contribution in [1.29, 1.82) is 0 Å². The number of carbonyl (C=O) groups excluding carboxylic acids is 1. The predicted octanol–water partition coefficient (Wildman–Crippen LogP) is 1.68. The molecule has 1 amide bonds. The maximum absolute atomic E-state index is 10.8. The van der Waals surface area contributed by atoms with Gasteiger partial charge < -0.3 is 10.1 Å². The molecule has 0 fully saturated rings. The van der Waals surface area contributed by atoms with Gasteiger partial charge in [0.25, 0.3) is 0 Å². The minimum atomic E-state index is -0.471. The fourth-order valence-electron chi connectivity index (χ4n) is 0.546. The monoisotopic (exact) mass is 186 g/mol. The molecule has 0 aliphatic heterocycles. The molecule has 0 rings (SSSR count). The summed E-state index contributed by atoms with van der Waals surface area (Å²) >= 11 is 0. The zero-order valence-electron chi connectivity index (χ0n) is 7.86. The van der Waals surface area contributed by atoms with Crippen LogP contribution in [0.25, 0.3) is 10.4 Å². The molecule has 0 aromatic heterocycles. The van der Waals surface area contributed by atoms with E-state index in [1.807, 2.05) is 13.8 Å². The third-order valence-electron chi connectivity index (χ3n) is 1.09. The molecule has 0 saturated carbocycles. The van der Waals surface area contributed by atoms with Gasteiger partial charge in [0.2, 0.25) is 0 Å². The van der Waals surface area contributed by atoms with Gasteiger partial charge >= 0.3 is 6.09 Å². The van der Waals surface area contributed by atoms with E-state index in [1.165, 1.54) is 0 Å². The zero-order chi connectivity index (χ0) is 10.1. The second-order valence-electron chi connectivity index (χ2n) is 2.87. The topological polar surface area (TPSA) is 87.1 Å². The largest absolute Gasteiger partial charge is 0.449 e. The molecule has 0 saturated heterocycles. The van der Waals surface area contributed by atoms with Gasteiger partial charge in [-0.25, -0.2) is 4.79 Å². The molecular formula is C7H14N4O2. The molecule has 0 spiro atoms. The SMILES string of the molecule is CC(C)COC(=O)NCCN=[N+]=[N-]. The lowest BCUT2D eigenvalue weighted by molar-refractivity contribution is 0.133. The first-order valence-electron chi connectivity index (χ1n) is 4.08. The molecular weight excluding hydrogens is 172 g/mol. The lowest BCUT2D eigenvalue weighted by Gasteiger charge is -2.07. The fraction of sp³-hybridized carbons (Fsp3) is 0.857. The minimum absolute atomic E-state index is 0.243. The van der Waals surface area contributed by atoms with Crippen molar-refractivity contribution in [2.24, 2.45) is 11.0 Å². The van der Waals surface area contributed by atoms with Crippen LogP contribution in [0.15, 0.2) is 5.11 Å². The molecule has 13 heavy (non-hydrogen) atoms. The number of hydrogen-bond donors (Lipinski definition) is 1. The zero-order valence-corrected chi connectivity index (χ0v) is 7.86. The summed E-state index contributed by atoms with van der Waals surface area (Å²) in [6, 6.07) is 0. The molecule has 0 unspecified atom stereocenters. The van der Waals surface area contributed by atoms with E-state index < -0.39 is 6.09 Å². The van der Waals surface area contributed by atoms with Crippen LogP contribution in [0.2, 0.25) is 0 Å². The summed E-state index contributed by atoms with van der Waals surface area (Å²) in [5.41, 5.74) is 7.92. The second-order valence-corrected chi connectivity index (χ2v) is 2.87. The molecule has 0 heterocycles. The summed E-state index contributed by atoms with van der Waals surface area (Å²) in [5.74, 6) is 0.322. The Bertz CT molecular complexity index is 199. The van der Waals surface area contributed by atoms with Gasteiger partial charge in [0, 0.05) is 18.0 Å². The first-order valence-corrected chi connectivity index (χ1v) is 4.08. The Kier molecular flexibility index (Phi) is 6.45. The Labute approximate surface area is 76.9 Å². The predicted molar refractivity (Wildman–Crippen MR) is 48.2 cm³/mol. The van der Waals surface area contributed by atoms with Crippen LogP contribution < -0.4 is 5.32 Å².